The van der Waals surface area contributed by atoms with Crippen LogP contribution in [0.1, 0.15) is 19.8 Å². The van der Waals surface area contributed by atoms with Crippen molar-refractivity contribution < 1.29 is 9.13 Å². The Bertz CT molecular complexity index is 280. The zero-order valence-corrected chi connectivity index (χ0v) is 9.54. The van der Waals surface area contributed by atoms with Crippen molar-refractivity contribution in [3.63, 3.8) is 0 Å². The number of pyridine rings is 1. The van der Waals surface area contributed by atoms with Crippen LogP contribution in [0.25, 0.3) is 0 Å². The molecule has 1 rings (SSSR count). The Kier molecular flexibility index (Phi) is 4.41. The predicted octanol–water partition coefficient (Wildman–Crippen LogP) is 3.00. The number of nitrogens with zero attached hydrogens (tertiary/aromatic N) is 1. The second-order valence-corrected chi connectivity index (χ2v) is 3.79. The lowest BCUT2D eigenvalue weighted by atomic mass is 10.4. The Balaban J connectivity index is 2.53. The third-order valence-corrected chi connectivity index (χ3v) is 2.33. The van der Waals surface area contributed by atoms with Crippen molar-refractivity contribution in [1.82, 2.24) is 4.98 Å². The number of ether oxygens (including phenoxy) is 1. The number of aromatic nitrogens is 1. The highest BCUT2D eigenvalue weighted by Gasteiger charge is 2.02. The Morgan fingerprint density at radius 3 is 2.92 bits per heavy atom. The fourth-order valence-corrected chi connectivity index (χ4v) is 1.10. The van der Waals surface area contributed by atoms with Gasteiger partial charge in [-0.3, -0.25) is 0 Å². The van der Waals surface area contributed by atoms with Crippen LogP contribution in [-0.4, -0.2) is 11.6 Å². The molecule has 72 valence electrons. The fourth-order valence-electron chi connectivity index (χ4n) is 0.802. The number of unbranched alkanes of at least 4 members (excludes halogenated alkanes) is 1. The van der Waals surface area contributed by atoms with Crippen LogP contribution < -0.4 is 4.74 Å². The Morgan fingerprint density at radius 2 is 2.31 bits per heavy atom. The van der Waals surface area contributed by atoms with E-state index in [0.29, 0.717) is 16.1 Å². The molecule has 0 spiro atoms. The Labute approximate surface area is 90.7 Å². The van der Waals surface area contributed by atoms with Crippen molar-refractivity contribution in [2.24, 2.45) is 0 Å². The maximum atomic E-state index is 12.9. The molecule has 1 aromatic rings. The van der Waals surface area contributed by atoms with Gasteiger partial charge < -0.3 is 4.74 Å². The van der Waals surface area contributed by atoms with Crippen molar-refractivity contribution in [2.45, 2.75) is 19.8 Å². The van der Waals surface area contributed by atoms with Gasteiger partial charge in [-0.1, -0.05) is 13.3 Å². The van der Waals surface area contributed by atoms with Gasteiger partial charge in [0.15, 0.2) is 0 Å². The molecule has 0 aliphatic carbocycles. The lowest BCUT2D eigenvalue weighted by Crippen LogP contribution is -2.00. The molecule has 0 aromatic carbocycles. The number of halogens is 2. The van der Waals surface area contributed by atoms with Crippen molar-refractivity contribution >= 4 is 22.6 Å². The summed E-state index contributed by atoms with van der Waals surface area (Å²) >= 11 is 1.89. The smallest absolute Gasteiger partial charge is 0.229 e. The van der Waals surface area contributed by atoms with E-state index in [1.807, 2.05) is 22.6 Å². The number of hydrogen-bond donors (Lipinski definition) is 0. The van der Waals surface area contributed by atoms with Crippen LogP contribution in [0.3, 0.4) is 0 Å². The minimum Gasteiger partial charge on any atom is -0.478 e. The SMILES string of the molecule is CCCCOc1ccc(I)c(F)n1. The highest BCUT2D eigenvalue weighted by molar-refractivity contribution is 14.1. The summed E-state index contributed by atoms with van der Waals surface area (Å²) in [5.74, 6) is -0.0963. The van der Waals surface area contributed by atoms with E-state index in [9.17, 15) is 4.39 Å². The average Bonchev–Trinajstić information content (AvgIpc) is 2.12. The Hall–Kier alpha value is -0.390. The molecule has 0 radical (unpaired) electrons. The molecular weight excluding hydrogens is 284 g/mol. The quantitative estimate of drug-likeness (QED) is 0.484. The van der Waals surface area contributed by atoms with Gasteiger partial charge in [-0.2, -0.15) is 9.37 Å². The summed E-state index contributed by atoms with van der Waals surface area (Å²) in [5, 5.41) is 0. The average molecular weight is 295 g/mol. The zero-order valence-electron chi connectivity index (χ0n) is 7.39. The standard InChI is InChI=1S/C9H11FINO/c1-2-3-6-13-8-5-4-7(11)9(10)12-8/h4-5H,2-3,6H2,1H3. The first-order chi connectivity index (χ1) is 6.24. The first-order valence-electron chi connectivity index (χ1n) is 4.19. The van der Waals surface area contributed by atoms with E-state index in [1.54, 1.807) is 12.1 Å². The Morgan fingerprint density at radius 1 is 1.54 bits per heavy atom. The molecule has 2 nitrogen and oxygen atoms in total. The third kappa shape index (κ3) is 3.46. The van der Waals surface area contributed by atoms with Crippen molar-refractivity contribution in [3.05, 3.63) is 21.7 Å². The molecule has 0 bridgehead atoms. The van der Waals surface area contributed by atoms with E-state index in [2.05, 4.69) is 11.9 Å². The molecule has 0 amide bonds. The molecule has 0 unspecified atom stereocenters. The number of hydrogen-bond acceptors (Lipinski definition) is 2. The maximum Gasteiger partial charge on any atom is 0.229 e. The van der Waals surface area contributed by atoms with Gasteiger partial charge in [0.25, 0.3) is 0 Å². The lowest BCUT2D eigenvalue weighted by Gasteiger charge is -2.03. The van der Waals surface area contributed by atoms with Gasteiger partial charge >= 0.3 is 0 Å². The second kappa shape index (κ2) is 5.36. The van der Waals surface area contributed by atoms with Crippen molar-refractivity contribution in [2.75, 3.05) is 6.61 Å². The van der Waals surface area contributed by atoms with E-state index >= 15 is 0 Å². The molecule has 13 heavy (non-hydrogen) atoms. The summed E-state index contributed by atoms with van der Waals surface area (Å²) in [6.45, 7) is 2.68. The van der Waals surface area contributed by atoms with Crippen LogP contribution >= 0.6 is 22.6 Å². The van der Waals surface area contributed by atoms with Crippen LogP contribution in [0.15, 0.2) is 12.1 Å². The van der Waals surface area contributed by atoms with Gasteiger partial charge in [-0.15, -0.1) is 0 Å². The molecule has 0 aliphatic rings. The molecule has 0 fully saturated rings. The van der Waals surface area contributed by atoms with E-state index in [1.165, 1.54) is 0 Å². The van der Waals surface area contributed by atoms with Crippen molar-refractivity contribution in [3.8, 4) is 5.88 Å². The predicted molar refractivity (Wildman–Crippen MR) is 57.3 cm³/mol. The lowest BCUT2D eigenvalue weighted by molar-refractivity contribution is 0.293. The van der Waals surface area contributed by atoms with E-state index in [4.69, 9.17) is 4.74 Å². The van der Waals surface area contributed by atoms with Gasteiger partial charge in [-0.25, -0.2) is 0 Å². The second-order valence-electron chi connectivity index (χ2n) is 2.62. The van der Waals surface area contributed by atoms with E-state index < -0.39 is 5.95 Å². The molecule has 0 atom stereocenters. The van der Waals surface area contributed by atoms with Gasteiger partial charge in [0, 0.05) is 6.07 Å². The van der Waals surface area contributed by atoms with Crippen LogP contribution in [0.2, 0.25) is 0 Å². The topological polar surface area (TPSA) is 22.1 Å². The normalized spacial score (nSPS) is 10.1. The van der Waals surface area contributed by atoms with E-state index in [0.717, 1.165) is 12.8 Å². The fraction of sp³-hybridized carbons (Fsp3) is 0.444. The van der Waals surface area contributed by atoms with Crippen LogP contribution in [0, 0.1) is 9.52 Å². The molecule has 0 aliphatic heterocycles. The molecule has 0 saturated carbocycles. The summed E-state index contributed by atoms with van der Waals surface area (Å²) in [5.41, 5.74) is 0. The molecule has 1 heterocycles. The molecule has 0 saturated heterocycles. The largest absolute Gasteiger partial charge is 0.478 e. The first kappa shape index (κ1) is 10.7. The summed E-state index contributed by atoms with van der Waals surface area (Å²) in [7, 11) is 0. The van der Waals surface area contributed by atoms with Gasteiger partial charge in [-0.05, 0) is 35.1 Å². The molecular formula is C9H11FINO. The highest BCUT2D eigenvalue weighted by Crippen LogP contribution is 2.13. The van der Waals surface area contributed by atoms with Gasteiger partial charge in [0.2, 0.25) is 11.8 Å². The van der Waals surface area contributed by atoms with Crippen LogP contribution in [0.5, 0.6) is 5.88 Å². The van der Waals surface area contributed by atoms with E-state index in [-0.39, 0.29) is 0 Å². The van der Waals surface area contributed by atoms with Crippen molar-refractivity contribution in [1.29, 1.82) is 0 Å². The first-order valence-corrected chi connectivity index (χ1v) is 5.26. The minimum absolute atomic E-state index is 0.367. The molecule has 1 aromatic heterocycles. The molecule has 0 N–H and O–H groups in total. The third-order valence-electron chi connectivity index (χ3n) is 1.53. The summed E-state index contributed by atoms with van der Waals surface area (Å²) < 4.78 is 18.6. The monoisotopic (exact) mass is 295 g/mol. The zero-order chi connectivity index (χ0) is 9.68. The van der Waals surface area contributed by atoms with Gasteiger partial charge in [0.05, 0.1) is 10.2 Å². The highest BCUT2D eigenvalue weighted by atomic mass is 127. The number of rotatable bonds is 4. The summed E-state index contributed by atoms with van der Waals surface area (Å²) in [4.78, 5) is 3.65. The van der Waals surface area contributed by atoms with Crippen LogP contribution in [0.4, 0.5) is 4.39 Å². The minimum atomic E-state index is -0.463. The summed E-state index contributed by atoms with van der Waals surface area (Å²) in [6.07, 6.45) is 2.03. The van der Waals surface area contributed by atoms with Gasteiger partial charge in [0.1, 0.15) is 0 Å². The van der Waals surface area contributed by atoms with Crippen LogP contribution in [-0.2, 0) is 0 Å². The molecule has 4 heteroatoms. The maximum absolute atomic E-state index is 12.9. The summed E-state index contributed by atoms with van der Waals surface area (Å²) in [6, 6.07) is 3.34.